The highest BCUT2D eigenvalue weighted by atomic mass is 19.1. The van der Waals surface area contributed by atoms with Gasteiger partial charge in [0.25, 0.3) is 0 Å². The third-order valence-electron chi connectivity index (χ3n) is 4.11. The van der Waals surface area contributed by atoms with E-state index in [1.54, 1.807) is 38.1 Å². The zero-order valence-electron chi connectivity index (χ0n) is 14.8. The average molecular weight is 360 g/mol. The van der Waals surface area contributed by atoms with Crippen LogP contribution in [0.2, 0.25) is 0 Å². The molecular weight excluding hydrogens is 338 g/mol. The predicted molar refractivity (Wildman–Crippen MR) is 95.1 cm³/mol. The van der Waals surface area contributed by atoms with E-state index < -0.39 is 17.2 Å². The number of hydrogen-bond donors (Lipinski definition) is 2. The molecule has 0 spiro atoms. The Morgan fingerprint density at radius 2 is 1.27 bits per heavy atom. The first-order valence-electron chi connectivity index (χ1n) is 8.34. The molecule has 0 bridgehead atoms. The smallest absolute Gasteiger partial charge is 0.235 e. The summed E-state index contributed by atoms with van der Waals surface area (Å²) in [6, 6.07) is 11.8. The van der Waals surface area contributed by atoms with E-state index in [4.69, 9.17) is 0 Å². The van der Waals surface area contributed by atoms with Crippen LogP contribution in [0.15, 0.2) is 48.5 Å². The zero-order valence-corrected chi connectivity index (χ0v) is 14.8. The Morgan fingerprint density at radius 1 is 0.808 bits per heavy atom. The fourth-order valence-corrected chi connectivity index (χ4v) is 2.30. The molecule has 26 heavy (non-hydrogen) atoms. The Balaban J connectivity index is 1.82. The average Bonchev–Trinajstić information content (AvgIpc) is 2.62. The van der Waals surface area contributed by atoms with Crippen molar-refractivity contribution in [3.05, 3.63) is 71.3 Å². The lowest BCUT2D eigenvalue weighted by Crippen LogP contribution is -2.48. The maximum atomic E-state index is 12.9. The Bertz CT molecular complexity index is 756. The largest absolute Gasteiger partial charge is 0.355 e. The first-order chi connectivity index (χ1) is 12.3. The molecule has 4 nitrogen and oxygen atoms in total. The van der Waals surface area contributed by atoms with Gasteiger partial charge in [-0.2, -0.15) is 0 Å². The van der Waals surface area contributed by atoms with E-state index in [0.29, 0.717) is 13.0 Å². The van der Waals surface area contributed by atoms with Crippen LogP contribution < -0.4 is 10.6 Å². The van der Waals surface area contributed by atoms with E-state index in [9.17, 15) is 18.4 Å². The van der Waals surface area contributed by atoms with Crippen molar-refractivity contribution in [1.29, 1.82) is 0 Å². The van der Waals surface area contributed by atoms with E-state index >= 15 is 0 Å². The Labute approximate surface area is 151 Å². The van der Waals surface area contributed by atoms with Crippen molar-refractivity contribution in [2.75, 3.05) is 6.54 Å². The number of nitrogens with one attached hydrogen (secondary N) is 2. The molecule has 2 N–H and O–H groups in total. The highest BCUT2D eigenvalue weighted by molar-refractivity contribution is 6.04. The molecule has 138 valence electrons. The van der Waals surface area contributed by atoms with Gasteiger partial charge in [-0.3, -0.25) is 9.59 Å². The number of carbonyl (C=O) groups is 2. The number of halogens is 2. The van der Waals surface area contributed by atoms with Gasteiger partial charge in [0.1, 0.15) is 17.0 Å². The normalized spacial score (nSPS) is 11.1. The van der Waals surface area contributed by atoms with E-state index in [2.05, 4.69) is 10.6 Å². The molecule has 0 aliphatic rings. The van der Waals surface area contributed by atoms with Crippen molar-refractivity contribution < 1.29 is 18.4 Å². The third-order valence-corrected chi connectivity index (χ3v) is 4.11. The number of amides is 2. The van der Waals surface area contributed by atoms with E-state index in [0.717, 1.165) is 11.1 Å². The second-order valence-electron chi connectivity index (χ2n) is 6.57. The molecule has 2 rings (SSSR count). The summed E-state index contributed by atoms with van der Waals surface area (Å²) >= 11 is 0. The Morgan fingerprint density at radius 3 is 1.81 bits per heavy atom. The summed E-state index contributed by atoms with van der Waals surface area (Å²) in [5, 5.41) is 5.42. The van der Waals surface area contributed by atoms with Crippen molar-refractivity contribution in [2.45, 2.75) is 26.8 Å². The minimum atomic E-state index is -1.25. The molecule has 0 radical (unpaired) electrons. The number of benzene rings is 2. The first kappa shape index (κ1) is 19.6. The lowest BCUT2D eigenvalue weighted by Gasteiger charge is -2.22. The van der Waals surface area contributed by atoms with Crippen LogP contribution in [0.25, 0.3) is 0 Å². The summed E-state index contributed by atoms with van der Waals surface area (Å²) in [6.07, 6.45) is 0.541. The zero-order chi connectivity index (χ0) is 19.2. The molecule has 0 aliphatic carbocycles. The summed E-state index contributed by atoms with van der Waals surface area (Å²) in [7, 11) is 0. The second-order valence-corrected chi connectivity index (χ2v) is 6.57. The van der Waals surface area contributed by atoms with Gasteiger partial charge in [0.15, 0.2) is 0 Å². The molecule has 6 heteroatoms. The molecule has 0 unspecified atom stereocenters. The van der Waals surface area contributed by atoms with E-state index in [1.807, 2.05) is 0 Å². The molecule has 0 saturated carbocycles. The highest BCUT2D eigenvalue weighted by Crippen LogP contribution is 2.16. The summed E-state index contributed by atoms with van der Waals surface area (Å²) in [6.45, 7) is 3.64. The van der Waals surface area contributed by atoms with E-state index in [-0.39, 0.29) is 18.2 Å². The minimum Gasteiger partial charge on any atom is -0.355 e. The fraction of sp³-hybridized carbons (Fsp3) is 0.300. The van der Waals surface area contributed by atoms with Crippen LogP contribution >= 0.6 is 0 Å². The molecule has 0 aromatic heterocycles. The van der Waals surface area contributed by atoms with E-state index in [1.165, 1.54) is 24.3 Å². The molecule has 2 amide bonds. The second kappa shape index (κ2) is 8.56. The fourth-order valence-electron chi connectivity index (χ4n) is 2.30. The highest BCUT2D eigenvalue weighted by Gasteiger charge is 2.35. The molecule has 0 heterocycles. The third kappa shape index (κ3) is 5.37. The van der Waals surface area contributed by atoms with Crippen molar-refractivity contribution in [1.82, 2.24) is 10.6 Å². The topological polar surface area (TPSA) is 58.2 Å². The van der Waals surface area contributed by atoms with Crippen LogP contribution in [-0.2, 0) is 22.6 Å². The lowest BCUT2D eigenvalue weighted by molar-refractivity contribution is -0.141. The van der Waals surface area contributed by atoms with Gasteiger partial charge in [-0.05, 0) is 55.7 Å². The summed E-state index contributed by atoms with van der Waals surface area (Å²) in [5.74, 6) is -1.46. The lowest BCUT2D eigenvalue weighted by atomic mass is 9.91. The standard InChI is InChI=1S/C20H22F2N2O2/c1-20(2,19(26)24-13-15-5-9-17(22)10-6-15)18(25)23-12-11-14-3-7-16(21)8-4-14/h3-10H,11-13H2,1-2H3,(H,23,25)(H,24,26). The van der Waals surface area contributed by atoms with Gasteiger partial charge in [-0.15, -0.1) is 0 Å². The maximum absolute atomic E-state index is 12.9. The number of carbonyl (C=O) groups excluding carboxylic acids is 2. The first-order valence-corrected chi connectivity index (χ1v) is 8.34. The maximum Gasteiger partial charge on any atom is 0.235 e. The van der Waals surface area contributed by atoms with Crippen LogP contribution in [0.3, 0.4) is 0 Å². The molecule has 0 aliphatic heterocycles. The SMILES string of the molecule is CC(C)(C(=O)NCCc1ccc(F)cc1)C(=O)NCc1ccc(F)cc1. The predicted octanol–water partition coefficient (Wildman–Crippen LogP) is 2.97. The van der Waals surface area contributed by atoms with Crippen molar-refractivity contribution >= 4 is 11.8 Å². The molecular formula is C20H22F2N2O2. The van der Waals surface area contributed by atoms with Gasteiger partial charge in [0.2, 0.25) is 11.8 Å². The summed E-state index contributed by atoms with van der Waals surface area (Å²) in [5.41, 5.74) is 0.389. The molecule has 0 saturated heterocycles. The van der Waals surface area contributed by atoms with Crippen LogP contribution in [0.5, 0.6) is 0 Å². The monoisotopic (exact) mass is 360 g/mol. The quantitative estimate of drug-likeness (QED) is 0.746. The molecule has 0 fully saturated rings. The molecule has 2 aromatic rings. The van der Waals surface area contributed by atoms with Gasteiger partial charge in [0, 0.05) is 13.1 Å². The molecule has 2 aromatic carbocycles. The summed E-state index contributed by atoms with van der Waals surface area (Å²) in [4.78, 5) is 24.7. The number of hydrogen-bond acceptors (Lipinski definition) is 2. The van der Waals surface area contributed by atoms with Gasteiger partial charge < -0.3 is 10.6 Å². The van der Waals surface area contributed by atoms with Crippen LogP contribution in [0, 0.1) is 17.0 Å². The van der Waals surface area contributed by atoms with Gasteiger partial charge in [0.05, 0.1) is 0 Å². The minimum absolute atomic E-state index is 0.214. The van der Waals surface area contributed by atoms with Crippen molar-refractivity contribution in [2.24, 2.45) is 5.41 Å². The van der Waals surface area contributed by atoms with Crippen molar-refractivity contribution in [3.8, 4) is 0 Å². The van der Waals surface area contributed by atoms with Gasteiger partial charge in [-0.25, -0.2) is 8.78 Å². The van der Waals surface area contributed by atoms with Gasteiger partial charge >= 0.3 is 0 Å². The summed E-state index contributed by atoms with van der Waals surface area (Å²) < 4.78 is 25.7. The van der Waals surface area contributed by atoms with Crippen LogP contribution in [0.1, 0.15) is 25.0 Å². The molecule has 0 atom stereocenters. The Kier molecular flexibility index (Phi) is 6.44. The van der Waals surface area contributed by atoms with Crippen molar-refractivity contribution in [3.63, 3.8) is 0 Å². The van der Waals surface area contributed by atoms with Crippen LogP contribution in [0.4, 0.5) is 8.78 Å². The van der Waals surface area contributed by atoms with Gasteiger partial charge in [-0.1, -0.05) is 24.3 Å². The van der Waals surface area contributed by atoms with Crippen LogP contribution in [-0.4, -0.2) is 18.4 Å². The number of rotatable bonds is 7. The Hall–Kier alpha value is -2.76.